The van der Waals surface area contributed by atoms with Gasteiger partial charge in [0, 0.05) is 12.0 Å². The standard InChI is InChI=1S/C16H31NO/c1-11(2)10-17-14(18)16(6,7)15(4,5)12(3)13-8-9-13/h11-13H,8-10H2,1-7H3,(H,17,18). The normalized spacial score (nSPS) is 18.9. The second-order valence-corrected chi connectivity index (χ2v) is 7.58. The van der Waals surface area contributed by atoms with E-state index in [1.165, 1.54) is 12.8 Å². The van der Waals surface area contributed by atoms with Crippen LogP contribution in [0.4, 0.5) is 0 Å². The van der Waals surface area contributed by atoms with E-state index in [9.17, 15) is 4.79 Å². The summed E-state index contributed by atoms with van der Waals surface area (Å²) in [7, 11) is 0. The molecule has 2 nitrogen and oxygen atoms in total. The van der Waals surface area contributed by atoms with Crippen LogP contribution in [0.25, 0.3) is 0 Å². The first-order valence-corrected chi connectivity index (χ1v) is 7.39. The molecule has 1 aliphatic rings. The lowest BCUT2D eigenvalue weighted by Crippen LogP contribution is -2.50. The van der Waals surface area contributed by atoms with E-state index in [-0.39, 0.29) is 16.7 Å². The quantitative estimate of drug-likeness (QED) is 0.765. The number of rotatable bonds is 6. The van der Waals surface area contributed by atoms with E-state index in [0.717, 1.165) is 12.5 Å². The Morgan fingerprint density at radius 3 is 2.06 bits per heavy atom. The SMILES string of the molecule is CC(C)CNC(=O)C(C)(C)C(C)(C)C(C)C1CC1. The highest BCUT2D eigenvalue weighted by Crippen LogP contribution is 2.53. The van der Waals surface area contributed by atoms with E-state index in [2.05, 4.69) is 53.8 Å². The van der Waals surface area contributed by atoms with Gasteiger partial charge in [-0.05, 0) is 36.0 Å². The number of carbonyl (C=O) groups excluding carboxylic acids is 1. The smallest absolute Gasteiger partial charge is 0.226 e. The second kappa shape index (κ2) is 5.22. The molecule has 0 radical (unpaired) electrons. The average Bonchev–Trinajstić information content (AvgIpc) is 3.07. The summed E-state index contributed by atoms with van der Waals surface area (Å²) in [5.74, 6) is 2.15. The monoisotopic (exact) mass is 253 g/mol. The Morgan fingerprint density at radius 2 is 1.67 bits per heavy atom. The van der Waals surface area contributed by atoms with Crippen molar-refractivity contribution in [3.8, 4) is 0 Å². The molecule has 0 aromatic rings. The van der Waals surface area contributed by atoms with Crippen molar-refractivity contribution in [1.82, 2.24) is 5.32 Å². The molecule has 1 fully saturated rings. The van der Waals surface area contributed by atoms with Crippen LogP contribution in [0.5, 0.6) is 0 Å². The zero-order valence-corrected chi connectivity index (χ0v) is 13.3. The lowest BCUT2D eigenvalue weighted by Gasteiger charge is -2.45. The molecule has 1 atom stereocenters. The summed E-state index contributed by atoms with van der Waals surface area (Å²) in [5.41, 5.74) is -0.279. The van der Waals surface area contributed by atoms with Crippen molar-refractivity contribution < 1.29 is 4.79 Å². The summed E-state index contributed by atoms with van der Waals surface area (Å²) in [5, 5.41) is 3.10. The summed E-state index contributed by atoms with van der Waals surface area (Å²) in [6, 6.07) is 0. The fourth-order valence-electron chi connectivity index (χ4n) is 2.57. The molecule has 1 unspecified atom stereocenters. The molecule has 0 bridgehead atoms. The van der Waals surface area contributed by atoms with Crippen LogP contribution in [0.1, 0.15) is 61.3 Å². The second-order valence-electron chi connectivity index (χ2n) is 7.58. The van der Waals surface area contributed by atoms with E-state index in [1.807, 2.05) is 0 Å². The van der Waals surface area contributed by atoms with Crippen molar-refractivity contribution in [2.24, 2.45) is 28.6 Å². The molecule has 106 valence electrons. The molecule has 1 aliphatic carbocycles. The predicted molar refractivity (Wildman–Crippen MR) is 77.3 cm³/mol. The Bertz CT molecular complexity index is 300. The zero-order valence-electron chi connectivity index (χ0n) is 13.3. The molecule has 2 heteroatoms. The van der Waals surface area contributed by atoms with Gasteiger partial charge in [0.2, 0.25) is 5.91 Å². The number of nitrogens with one attached hydrogen (secondary N) is 1. The molecule has 1 N–H and O–H groups in total. The molecule has 0 heterocycles. The lowest BCUT2D eigenvalue weighted by molar-refractivity contribution is -0.138. The highest BCUT2D eigenvalue weighted by atomic mass is 16.2. The van der Waals surface area contributed by atoms with Crippen molar-refractivity contribution in [1.29, 1.82) is 0 Å². The van der Waals surface area contributed by atoms with Crippen LogP contribution < -0.4 is 5.32 Å². The number of hydrogen-bond donors (Lipinski definition) is 1. The van der Waals surface area contributed by atoms with Crippen LogP contribution in [0.3, 0.4) is 0 Å². The molecule has 0 aliphatic heterocycles. The number of hydrogen-bond acceptors (Lipinski definition) is 1. The van der Waals surface area contributed by atoms with Gasteiger partial charge in [0.1, 0.15) is 0 Å². The predicted octanol–water partition coefficient (Wildman–Crippen LogP) is 3.86. The lowest BCUT2D eigenvalue weighted by atomic mass is 9.60. The molecule has 0 aromatic carbocycles. The van der Waals surface area contributed by atoms with Gasteiger partial charge in [-0.25, -0.2) is 0 Å². The Kier molecular flexibility index (Phi) is 4.51. The first-order valence-electron chi connectivity index (χ1n) is 7.39. The van der Waals surface area contributed by atoms with Gasteiger partial charge in [0.15, 0.2) is 0 Å². The highest BCUT2D eigenvalue weighted by molar-refractivity contribution is 5.82. The van der Waals surface area contributed by atoms with Crippen LogP contribution in [0.15, 0.2) is 0 Å². The first kappa shape index (κ1) is 15.5. The molecule has 18 heavy (non-hydrogen) atoms. The molecule has 0 spiro atoms. The maximum atomic E-state index is 12.5. The Hall–Kier alpha value is -0.530. The molecule has 0 aromatic heterocycles. The first-order chi connectivity index (χ1) is 8.10. The van der Waals surface area contributed by atoms with Crippen LogP contribution in [-0.2, 0) is 4.79 Å². The zero-order chi connectivity index (χ0) is 14.1. The van der Waals surface area contributed by atoms with E-state index < -0.39 is 0 Å². The Morgan fingerprint density at radius 1 is 1.17 bits per heavy atom. The fourth-order valence-corrected chi connectivity index (χ4v) is 2.57. The minimum Gasteiger partial charge on any atom is -0.355 e. The van der Waals surface area contributed by atoms with Gasteiger partial charge in [-0.3, -0.25) is 4.79 Å². The van der Waals surface area contributed by atoms with Crippen LogP contribution in [-0.4, -0.2) is 12.5 Å². The topological polar surface area (TPSA) is 29.1 Å². The van der Waals surface area contributed by atoms with E-state index in [0.29, 0.717) is 11.8 Å². The third-order valence-corrected chi connectivity index (χ3v) is 5.32. The molecule has 1 rings (SSSR count). The summed E-state index contributed by atoms with van der Waals surface area (Å²) in [6.07, 6.45) is 2.68. The summed E-state index contributed by atoms with van der Waals surface area (Å²) >= 11 is 0. The van der Waals surface area contributed by atoms with E-state index >= 15 is 0 Å². The Labute approximate surface area is 113 Å². The van der Waals surface area contributed by atoms with Gasteiger partial charge in [-0.15, -0.1) is 0 Å². The summed E-state index contributed by atoms with van der Waals surface area (Å²) < 4.78 is 0. The van der Waals surface area contributed by atoms with Crippen molar-refractivity contribution in [2.75, 3.05) is 6.54 Å². The van der Waals surface area contributed by atoms with Gasteiger partial charge in [0.25, 0.3) is 0 Å². The number of amides is 1. The largest absolute Gasteiger partial charge is 0.355 e. The maximum Gasteiger partial charge on any atom is 0.226 e. The minimum atomic E-state index is -0.316. The molecule has 1 saturated carbocycles. The highest BCUT2D eigenvalue weighted by Gasteiger charge is 2.50. The van der Waals surface area contributed by atoms with Crippen molar-refractivity contribution in [3.05, 3.63) is 0 Å². The maximum absolute atomic E-state index is 12.5. The third-order valence-electron chi connectivity index (χ3n) is 5.32. The summed E-state index contributed by atoms with van der Waals surface area (Å²) in [6.45, 7) is 16.1. The van der Waals surface area contributed by atoms with Gasteiger partial charge in [0.05, 0.1) is 0 Å². The van der Waals surface area contributed by atoms with Gasteiger partial charge < -0.3 is 5.32 Å². The third kappa shape index (κ3) is 3.07. The molecular weight excluding hydrogens is 222 g/mol. The molecule has 0 saturated heterocycles. The molecule has 1 amide bonds. The minimum absolute atomic E-state index is 0.0369. The summed E-state index contributed by atoms with van der Waals surface area (Å²) in [4.78, 5) is 12.5. The van der Waals surface area contributed by atoms with Gasteiger partial charge in [-0.2, -0.15) is 0 Å². The van der Waals surface area contributed by atoms with Gasteiger partial charge >= 0.3 is 0 Å². The van der Waals surface area contributed by atoms with Crippen LogP contribution in [0.2, 0.25) is 0 Å². The van der Waals surface area contributed by atoms with Crippen molar-refractivity contribution in [3.63, 3.8) is 0 Å². The van der Waals surface area contributed by atoms with Crippen LogP contribution in [0, 0.1) is 28.6 Å². The average molecular weight is 253 g/mol. The van der Waals surface area contributed by atoms with Crippen molar-refractivity contribution >= 4 is 5.91 Å². The van der Waals surface area contributed by atoms with E-state index in [4.69, 9.17) is 0 Å². The Balaban J connectivity index is 2.73. The van der Waals surface area contributed by atoms with Gasteiger partial charge in [-0.1, -0.05) is 48.5 Å². The van der Waals surface area contributed by atoms with Crippen LogP contribution >= 0.6 is 0 Å². The fraction of sp³-hybridized carbons (Fsp3) is 0.938. The van der Waals surface area contributed by atoms with E-state index in [1.54, 1.807) is 0 Å². The number of carbonyl (C=O) groups is 1. The molecular formula is C16H31NO. The van der Waals surface area contributed by atoms with Crippen molar-refractivity contribution in [2.45, 2.75) is 61.3 Å².